The van der Waals surface area contributed by atoms with Gasteiger partial charge in [-0.05, 0) is 35.4 Å². The van der Waals surface area contributed by atoms with Crippen LogP contribution in [-0.4, -0.2) is 24.7 Å². The second-order valence-corrected chi connectivity index (χ2v) is 6.05. The largest absolute Gasteiger partial charge is 0.493 e. The number of hydrogen-bond donors (Lipinski definition) is 2. The van der Waals surface area contributed by atoms with Crippen LogP contribution in [0.3, 0.4) is 0 Å². The summed E-state index contributed by atoms with van der Waals surface area (Å²) in [5, 5.41) is 15.3. The number of benzene rings is 1. The Morgan fingerprint density at radius 1 is 1.20 bits per heavy atom. The molecule has 2 N–H and O–H groups in total. The molecule has 0 saturated carbocycles. The Balaban J connectivity index is 1.85. The number of halogens is 1. The molecule has 0 aliphatic carbocycles. The molecule has 7 heteroatoms. The molecule has 25 heavy (non-hydrogen) atoms. The maximum absolute atomic E-state index is 12.5. The number of rotatable bonds is 3. The summed E-state index contributed by atoms with van der Waals surface area (Å²) in [5.74, 6) is -0.181. The molecule has 0 saturated heterocycles. The summed E-state index contributed by atoms with van der Waals surface area (Å²) < 4.78 is 1.33. The smallest absolute Gasteiger partial charge is 0.258 e. The van der Waals surface area contributed by atoms with Crippen molar-refractivity contribution >= 4 is 17.2 Å². The van der Waals surface area contributed by atoms with Crippen molar-refractivity contribution < 1.29 is 5.11 Å². The third-order valence-corrected chi connectivity index (χ3v) is 4.24. The molecular formula is C18H13ClN4O2. The molecule has 0 aliphatic rings. The number of aromatic nitrogens is 4. The predicted molar refractivity (Wildman–Crippen MR) is 95.0 cm³/mol. The van der Waals surface area contributed by atoms with Crippen LogP contribution in [0.5, 0.6) is 5.88 Å². The third-order valence-electron chi connectivity index (χ3n) is 4.01. The van der Waals surface area contributed by atoms with Gasteiger partial charge in [0.05, 0.1) is 11.8 Å². The molecule has 0 radical (unpaired) electrons. The molecule has 0 atom stereocenters. The molecule has 0 aliphatic heterocycles. The third kappa shape index (κ3) is 2.77. The Hall–Kier alpha value is -3.12. The fourth-order valence-electron chi connectivity index (χ4n) is 2.79. The van der Waals surface area contributed by atoms with Crippen LogP contribution in [0.2, 0.25) is 5.02 Å². The first-order valence-corrected chi connectivity index (χ1v) is 7.98. The highest BCUT2D eigenvalue weighted by Crippen LogP contribution is 2.26. The lowest BCUT2D eigenvalue weighted by molar-refractivity contribution is 0.428. The van der Waals surface area contributed by atoms with Gasteiger partial charge in [-0.2, -0.15) is 9.61 Å². The molecular weight excluding hydrogens is 340 g/mol. The van der Waals surface area contributed by atoms with Gasteiger partial charge in [-0.25, -0.2) is 0 Å². The molecule has 0 fully saturated rings. The van der Waals surface area contributed by atoms with Crippen molar-refractivity contribution in [3.8, 4) is 17.0 Å². The van der Waals surface area contributed by atoms with Crippen LogP contribution in [0.15, 0.2) is 59.8 Å². The number of pyridine rings is 1. The van der Waals surface area contributed by atoms with Crippen molar-refractivity contribution in [2.45, 2.75) is 6.42 Å². The van der Waals surface area contributed by atoms with Gasteiger partial charge in [0.25, 0.3) is 5.56 Å². The van der Waals surface area contributed by atoms with Gasteiger partial charge in [0, 0.05) is 29.4 Å². The number of aromatic amines is 1. The summed E-state index contributed by atoms with van der Waals surface area (Å²) in [6, 6.07) is 10.8. The number of hydrogen-bond acceptors (Lipinski definition) is 4. The molecule has 0 bridgehead atoms. The van der Waals surface area contributed by atoms with Crippen molar-refractivity contribution in [2.24, 2.45) is 0 Å². The van der Waals surface area contributed by atoms with Crippen molar-refractivity contribution in [3.63, 3.8) is 0 Å². The Morgan fingerprint density at radius 3 is 2.76 bits per heavy atom. The lowest BCUT2D eigenvalue weighted by atomic mass is 10.1. The van der Waals surface area contributed by atoms with Crippen molar-refractivity contribution in [3.05, 3.63) is 81.5 Å². The van der Waals surface area contributed by atoms with E-state index in [4.69, 9.17) is 11.6 Å². The zero-order valence-corrected chi connectivity index (χ0v) is 13.7. The first-order chi connectivity index (χ1) is 12.1. The van der Waals surface area contributed by atoms with Crippen LogP contribution in [-0.2, 0) is 6.42 Å². The zero-order chi connectivity index (χ0) is 17.4. The number of H-pyrrole nitrogens is 1. The van der Waals surface area contributed by atoms with E-state index in [0.29, 0.717) is 16.2 Å². The number of nitrogens with one attached hydrogen (secondary N) is 1. The summed E-state index contributed by atoms with van der Waals surface area (Å²) >= 11 is 5.99. The molecule has 4 rings (SSSR count). The molecule has 0 unspecified atom stereocenters. The van der Waals surface area contributed by atoms with Crippen LogP contribution >= 0.6 is 11.6 Å². The molecule has 124 valence electrons. The van der Waals surface area contributed by atoms with E-state index in [1.165, 1.54) is 4.52 Å². The van der Waals surface area contributed by atoms with Gasteiger partial charge in [-0.3, -0.25) is 9.78 Å². The quantitative estimate of drug-likeness (QED) is 0.593. The minimum absolute atomic E-state index is 0.181. The fraction of sp³-hybridized carbons (Fsp3) is 0.0556. The van der Waals surface area contributed by atoms with Crippen LogP contribution in [0.25, 0.3) is 16.8 Å². The average Bonchev–Trinajstić information content (AvgIpc) is 3.03. The van der Waals surface area contributed by atoms with Gasteiger partial charge >= 0.3 is 0 Å². The van der Waals surface area contributed by atoms with E-state index in [1.54, 1.807) is 36.8 Å². The standard InChI is InChI=1S/C18H13ClN4O2/c19-13-3-1-2-11(8-13)9-14-17(24)22-16-15(10-21-23(16)18(14)25)12-4-6-20-7-5-12/h1-8,10,25H,9H2,(H,22,24). The molecule has 0 spiro atoms. The zero-order valence-electron chi connectivity index (χ0n) is 13.0. The lowest BCUT2D eigenvalue weighted by Gasteiger charge is -2.07. The molecule has 4 aromatic rings. The second kappa shape index (κ2) is 6.07. The maximum Gasteiger partial charge on any atom is 0.258 e. The van der Waals surface area contributed by atoms with E-state index in [1.807, 2.05) is 18.2 Å². The Kier molecular flexibility index (Phi) is 3.74. The highest BCUT2D eigenvalue weighted by Gasteiger charge is 2.17. The summed E-state index contributed by atoms with van der Waals surface area (Å²) in [7, 11) is 0. The number of aromatic hydroxyl groups is 1. The van der Waals surface area contributed by atoms with E-state index >= 15 is 0 Å². The van der Waals surface area contributed by atoms with Crippen LogP contribution in [0, 0.1) is 0 Å². The fourth-order valence-corrected chi connectivity index (χ4v) is 3.01. The predicted octanol–water partition coefficient (Wildman–Crippen LogP) is 3.03. The van der Waals surface area contributed by atoms with E-state index in [0.717, 1.165) is 11.1 Å². The van der Waals surface area contributed by atoms with Crippen LogP contribution < -0.4 is 5.56 Å². The summed E-state index contributed by atoms with van der Waals surface area (Å²) in [5.41, 5.74) is 2.70. The highest BCUT2D eigenvalue weighted by molar-refractivity contribution is 6.30. The van der Waals surface area contributed by atoms with Gasteiger partial charge in [-0.1, -0.05) is 23.7 Å². The van der Waals surface area contributed by atoms with E-state index in [-0.39, 0.29) is 23.4 Å². The molecule has 3 heterocycles. The van der Waals surface area contributed by atoms with Crippen LogP contribution in [0.4, 0.5) is 0 Å². The first-order valence-electron chi connectivity index (χ1n) is 7.60. The molecule has 0 amide bonds. The van der Waals surface area contributed by atoms with Gasteiger partial charge in [0.15, 0.2) is 0 Å². The number of fused-ring (bicyclic) bond motifs is 1. The minimum Gasteiger partial charge on any atom is -0.493 e. The number of nitrogens with zero attached hydrogens (tertiary/aromatic N) is 3. The Morgan fingerprint density at radius 2 is 2.00 bits per heavy atom. The summed E-state index contributed by atoms with van der Waals surface area (Å²) in [6.45, 7) is 0. The topological polar surface area (TPSA) is 83.3 Å². The SMILES string of the molecule is O=c1[nH]c2c(-c3ccncc3)cnn2c(O)c1Cc1cccc(Cl)c1. The summed E-state index contributed by atoms with van der Waals surface area (Å²) in [4.78, 5) is 19.3. The monoisotopic (exact) mass is 352 g/mol. The van der Waals surface area contributed by atoms with Gasteiger partial charge in [0.2, 0.25) is 5.88 Å². The average molecular weight is 353 g/mol. The van der Waals surface area contributed by atoms with Gasteiger partial charge in [-0.15, -0.1) is 0 Å². The maximum atomic E-state index is 12.5. The lowest BCUT2D eigenvalue weighted by Crippen LogP contribution is -2.16. The van der Waals surface area contributed by atoms with Crippen molar-refractivity contribution in [1.82, 2.24) is 19.6 Å². The molecule has 3 aromatic heterocycles. The Labute approximate surface area is 147 Å². The van der Waals surface area contributed by atoms with E-state index in [9.17, 15) is 9.90 Å². The van der Waals surface area contributed by atoms with Gasteiger partial charge in [0.1, 0.15) is 5.65 Å². The highest BCUT2D eigenvalue weighted by atomic mass is 35.5. The Bertz CT molecular complexity index is 1120. The summed E-state index contributed by atoms with van der Waals surface area (Å²) in [6.07, 6.45) is 5.17. The first kappa shape index (κ1) is 15.4. The van der Waals surface area contributed by atoms with Crippen molar-refractivity contribution in [1.29, 1.82) is 0 Å². The van der Waals surface area contributed by atoms with Gasteiger partial charge < -0.3 is 10.1 Å². The molecule has 6 nitrogen and oxygen atoms in total. The molecule has 1 aromatic carbocycles. The van der Waals surface area contributed by atoms with Crippen LogP contribution in [0.1, 0.15) is 11.1 Å². The normalized spacial score (nSPS) is 11.1. The van der Waals surface area contributed by atoms with Crippen molar-refractivity contribution in [2.75, 3.05) is 0 Å². The minimum atomic E-state index is -0.360. The second-order valence-electron chi connectivity index (χ2n) is 5.62. The van der Waals surface area contributed by atoms with E-state index < -0.39 is 0 Å². The van der Waals surface area contributed by atoms with E-state index in [2.05, 4.69) is 15.1 Å².